The second-order valence-electron chi connectivity index (χ2n) is 9.37. The molecule has 5 rings (SSSR count). The molecule has 37 heavy (non-hydrogen) atoms. The Morgan fingerprint density at radius 3 is 2.27 bits per heavy atom. The molecule has 1 aromatic heterocycles. The molecule has 0 saturated carbocycles. The van der Waals surface area contributed by atoms with E-state index in [9.17, 15) is 0 Å². The maximum atomic E-state index is 5.48. The van der Waals surface area contributed by atoms with E-state index >= 15 is 0 Å². The molecular formula is C29H34N6O2. The van der Waals surface area contributed by atoms with Crippen LogP contribution in [0.3, 0.4) is 0 Å². The smallest absolute Gasteiger partial charge is 0.173 e. The molecular weight excluding hydrogens is 464 g/mol. The summed E-state index contributed by atoms with van der Waals surface area (Å²) in [5, 5.41) is 13.0. The highest BCUT2D eigenvalue weighted by Crippen LogP contribution is 2.30. The predicted octanol–water partition coefficient (Wildman–Crippen LogP) is 4.15. The van der Waals surface area contributed by atoms with E-state index in [1.165, 1.54) is 16.8 Å². The van der Waals surface area contributed by atoms with Crippen LogP contribution in [0.2, 0.25) is 0 Å². The Hall–Kier alpha value is -3.91. The summed E-state index contributed by atoms with van der Waals surface area (Å²) in [6, 6.07) is 25.4. The maximum absolute atomic E-state index is 5.48. The van der Waals surface area contributed by atoms with Crippen LogP contribution in [0.15, 0.2) is 72.8 Å². The third-order valence-corrected chi connectivity index (χ3v) is 7.06. The Morgan fingerprint density at radius 1 is 0.838 bits per heavy atom. The number of methoxy groups -OCH3 is 2. The van der Waals surface area contributed by atoms with Crippen molar-refractivity contribution in [2.24, 2.45) is 0 Å². The lowest BCUT2D eigenvalue weighted by Crippen LogP contribution is -2.48. The van der Waals surface area contributed by atoms with Gasteiger partial charge in [-0.3, -0.25) is 4.90 Å². The van der Waals surface area contributed by atoms with Gasteiger partial charge in [0.2, 0.25) is 0 Å². The first-order valence-corrected chi connectivity index (χ1v) is 12.7. The van der Waals surface area contributed by atoms with E-state index in [4.69, 9.17) is 9.47 Å². The fourth-order valence-corrected chi connectivity index (χ4v) is 4.99. The lowest BCUT2D eigenvalue weighted by molar-refractivity contribution is 0.200. The van der Waals surface area contributed by atoms with Crippen molar-refractivity contribution in [2.75, 3.05) is 45.3 Å². The van der Waals surface area contributed by atoms with E-state index in [0.717, 1.165) is 55.5 Å². The molecule has 8 heteroatoms. The van der Waals surface area contributed by atoms with E-state index in [0.29, 0.717) is 6.54 Å². The lowest BCUT2D eigenvalue weighted by atomic mass is 10.0. The molecule has 1 saturated heterocycles. The number of para-hydroxylation sites is 1. The molecule has 1 fully saturated rings. The summed E-state index contributed by atoms with van der Waals surface area (Å²) in [5.74, 6) is 2.33. The number of hydrogen-bond acceptors (Lipinski definition) is 7. The van der Waals surface area contributed by atoms with Crippen LogP contribution in [0.1, 0.15) is 28.6 Å². The van der Waals surface area contributed by atoms with Crippen LogP contribution in [0, 0.1) is 6.92 Å². The van der Waals surface area contributed by atoms with E-state index in [1.54, 1.807) is 14.2 Å². The zero-order valence-corrected chi connectivity index (χ0v) is 21.7. The average molecular weight is 499 g/mol. The molecule has 1 aliphatic rings. The number of hydrogen-bond donors (Lipinski definition) is 0. The van der Waals surface area contributed by atoms with Crippen LogP contribution in [-0.4, -0.2) is 65.5 Å². The molecule has 0 bridgehead atoms. The molecule has 4 aromatic rings. The highest BCUT2D eigenvalue weighted by molar-refractivity contribution is 5.46. The van der Waals surface area contributed by atoms with Crippen molar-refractivity contribution in [3.63, 3.8) is 0 Å². The molecule has 192 valence electrons. The van der Waals surface area contributed by atoms with Crippen molar-refractivity contribution in [3.8, 4) is 11.5 Å². The van der Waals surface area contributed by atoms with Crippen molar-refractivity contribution < 1.29 is 9.47 Å². The van der Waals surface area contributed by atoms with Crippen LogP contribution in [0.4, 0.5) is 5.69 Å². The highest BCUT2D eigenvalue weighted by Gasteiger charge is 2.30. The standard InChI is InChI=1S/C29H34N6O2/c1-22-9-12-24(13-10-22)28(34-19-17-33(18-20-34)25-7-5-4-6-8-25)29-30-31-32-35(29)16-15-23-11-14-26(36-2)27(21-23)37-3/h4-14,21,28H,15-20H2,1-3H3/t28-/m1/s1. The number of benzene rings is 3. The van der Waals surface area contributed by atoms with Crippen molar-refractivity contribution in [1.29, 1.82) is 0 Å². The number of nitrogens with zero attached hydrogens (tertiary/aromatic N) is 6. The molecule has 1 aliphatic heterocycles. The van der Waals surface area contributed by atoms with Crippen LogP contribution in [0.5, 0.6) is 11.5 Å². The first kappa shape index (κ1) is 24.8. The molecule has 0 N–H and O–H groups in total. The molecule has 3 aromatic carbocycles. The van der Waals surface area contributed by atoms with Gasteiger partial charge in [0.05, 0.1) is 20.3 Å². The fourth-order valence-electron chi connectivity index (χ4n) is 4.99. The monoisotopic (exact) mass is 498 g/mol. The zero-order valence-electron chi connectivity index (χ0n) is 21.7. The summed E-state index contributed by atoms with van der Waals surface area (Å²) in [6.45, 7) is 6.56. The Morgan fingerprint density at radius 2 is 1.57 bits per heavy atom. The number of anilines is 1. The van der Waals surface area contributed by atoms with Crippen molar-refractivity contribution in [2.45, 2.75) is 25.9 Å². The third-order valence-electron chi connectivity index (χ3n) is 7.06. The maximum Gasteiger partial charge on any atom is 0.173 e. The number of aryl methyl sites for hydroxylation is 3. The molecule has 0 spiro atoms. The quantitative estimate of drug-likeness (QED) is 0.343. The van der Waals surface area contributed by atoms with Crippen LogP contribution >= 0.6 is 0 Å². The van der Waals surface area contributed by atoms with Crippen molar-refractivity contribution in [3.05, 3.63) is 95.3 Å². The number of aromatic nitrogens is 4. The minimum absolute atomic E-state index is 0.0149. The highest BCUT2D eigenvalue weighted by atomic mass is 16.5. The Bertz CT molecular complexity index is 1280. The SMILES string of the molecule is COc1ccc(CCn2nnnc2[C@@H](c2ccc(C)cc2)N2CCN(c3ccccc3)CC2)cc1OC. The summed E-state index contributed by atoms with van der Waals surface area (Å²) in [5.41, 5.74) is 4.86. The zero-order chi connectivity index (χ0) is 25.6. The molecule has 0 unspecified atom stereocenters. The van der Waals surface area contributed by atoms with Gasteiger partial charge >= 0.3 is 0 Å². The van der Waals surface area contributed by atoms with Gasteiger partial charge in [-0.2, -0.15) is 0 Å². The van der Waals surface area contributed by atoms with Gasteiger partial charge in [0, 0.05) is 38.4 Å². The fraction of sp³-hybridized carbons (Fsp3) is 0.345. The number of tetrazole rings is 1. The second kappa shape index (κ2) is 11.4. The summed E-state index contributed by atoms with van der Waals surface area (Å²) in [7, 11) is 3.31. The molecule has 0 radical (unpaired) electrons. The summed E-state index contributed by atoms with van der Waals surface area (Å²) in [6.07, 6.45) is 0.779. The minimum atomic E-state index is -0.0149. The van der Waals surface area contributed by atoms with Gasteiger partial charge in [0.1, 0.15) is 0 Å². The van der Waals surface area contributed by atoms with Gasteiger partial charge in [-0.15, -0.1) is 5.10 Å². The molecule has 0 aliphatic carbocycles. The van der Waals surface area contributed by atoms with Gasteiger partial charge in [-0.25, -0.2) is 4.68 Å². The molecule has 1 atom stereocenters. The molecule has 0 amide bonds. The Kier molecular flexibility index (Phi) is 7.65. The topological polar surface area (TPSA) is 68.5 Å². The van der Waals surface area contributed by atoms with Crippen LogP contribution < -0.4 is 14.4 Å². The predicted molar refractivity (Wildman–Crippen MR) is 144 cm³/mol. The number of ether oxygens (including phenoxy) is 2. The largest absolute Gasteiger partial charge is 0.493 e. The average Bonchev–Trinajstić information content (AvgIpc) is 3.41. The van der Waals surface area contributed by atoms with Gasteiger partial charge in [-0.05, 0) is 59.2 Å². The van der Waals surface area contributed by atoms with Gasteiger partial charge < -0.3 is 14.4 Å². The van der Waals surface area contributed by atoms with Crippen LogP contribution in [0.25, 0.3) is 0 Å². The van der Waals surface area contributed by atoms with Gasteiger partial charge in [0.15, 0.2) is 17.3 Å². The molecule has 8 nitrogen and oxygen atoms in total. The molecule has 2 heterocycles. The first-order chi connectivity index (χ1) is 18.2. The summed E-state index contributed by atoms with van der Waals surface area (Å²) >= 11 is 0. The van der Waals surface area contributed by atoms with Crippen molar-refractivity contribution >= 4 is 5.69 Å². The second-order valence-corrected chi connectivity index (χ2v) is 9.37. The van der Waals surface area contributed by atoms with Gasteiger partial charge in [-0.1, -0.05) is 54.1 Å². The third kappa shape index (κ3) is 5.59. The van der Waals surface area contributed by atoms with Crippen LogP contribution in [-0.2, 0) is 13.0 Å². The number of rotatable bonds is 9. The normalized spacial score (nSPS) is 14.9. The van der Waals surface area contributed by atoms with Crippen molar-refractivity contribution in [1.82, 2.24) is 25.1 Å². The van der Waals surface area contributed by atoms with Gasteiger partial charge in [0.25, 0.3) is 0 Å². The Labute approximate surface area is 218 Å². The first-order valence-electron chi connectivity index (χ1n) is 12.7. The Balaban J connectivity index is 1.37. The minimum Gasteiger partial charge on any atom is -0.493 e. The van der Waals surface area contributed by atoms with E-state index in [2.05, 4.69) is 92.9 Å². The summed E-state index contributed by atoms with van der Waals surface area (Å²) < 4.78 is 12.8. The number of piperazine rings is 1. The van der Waals surface area contributed by atoms with E-state index < -0.39 is 0 Å². The summed E-state index contributed by atoms with van der Waals surface area (Å²) in [4.78, 5) is 4.95. The lowest BCUT2D eigenvalue weighted by Gasteiger charge is -2.40. The van der Waals surface area contributed by atoms with E-state index in [-0.39, 0.29) is 6.04 Å². The van der Waals surface area contributed by atoms with E-state index in [1.807, 2.05) is 16.8 Å².